The van der Waals surface area contributed by atoms with Gasteiger partial charge in [0.25, 0.3) is 5.56 Å². The maximum atomic E-state index is 14.5. The van der Waals surface area contributed by atoms with Crippen molar-refractivity contribution in [2.75, 3.05) is 6.61 Å². The van der Waals surface area contributed by atoms with Crippen LogP contribution >= 0.6 is 0 Å². The number of aliphatic hydroxyl groups is 1. The summed E-state index contributed by atoms with van der Waals surface area (Å²) >= 11 is 0. The molecule has 7 rings (SSSR count). The lowest BCUT2D eigenvalue weighted by Crippen LogP contribution is -2.39. The van der Waals surface area contributed by atoms with E-state index in [-0.39, 0.29) is 17.2 Å². The summed E-state index contributed by atoms with van der Waals surface area (Å²) < 4.78 is 14.6. The number of hydrogen-bond donors (Lipinski definition) is 2. The first kappa shape index (κ1) is 28.4. The third-order valence-electron chi connectivity index (χ3n) is 9.18. The zero-order chi connectivity index (χ0) is 30.5. The highest BCUT2D eigenvalue weighted by atomic mass is 16.5. The zero-order valence-electron chi connectivity index (χ0n) is 25.0. The molecule has 1 saturated heterocycles. The molecule has 228 valence electrons. The predicted molar refractivity (Wildman–Crippen MR) is 163 cm³/mol. The van der Waals surface area contributed by atoms with E-state index in [1.54, 1.807) is 0 Å². The van der Waals surface area contributed by atoms with E-state index in [9.17, 15) is 14.7 Å². The van der Waals surface area contributed by atoms with Gasteiger partial charge in [0, 0.05) is 30.0 Å². The summed E-state index contributed by atoms with van der Waals surface area (Å²) in [6.45, 7) is 4.26. The fourth-order valence-electron chi connectivity index (χ4n) is 7.21. The molecule has 1 aliphatic carbocycles. The summed E-state index contributed by atoms with van der Waals surface area (Å²) in [7, 11) is 0. The Balaban J connectivity index is 1.30. The van der Waals surface area contributed by atoms with Gasteiger partial charge in [-0.2, -0.15) is 10.1 Å². The van der Waals surface area contributed by atoms with Gasteiger partial charge < -0.3 is 9.84 Å². The van der Waals surface area contributed by atoms with Gasteiger partial charge in [0.2, 0.25) is 5.78 Å². The van der Waals surface area contributed by atoms with E-state index >= 15 is 0 Å². The standard InChI is InChI=1S/C33H36N6O5/c1-3-7-27-26(17-21-10-11-24(22-8-5-4-6-9-22)25(16-21)28-36-31(41)44-37-28)29(40)38(30-34-20-35-39(27)30)23-12-14-33(15-13-23)18-32(2,42)19-43-33/h4-6,8-11,16,20,23,42H,3,7,12-15,17-19H2,1-2H3,(H,36,37,41). The van der Waals surface area contributed by atoms with Crippen LogP contribution in [0.25, 0.3) is 28.3 Å². The summed E-state index contributed by atoms with van der Waals surface area (Å²) in [5.74, 6) is 0.260. The molecule has 44 heavy (non-hydrogen) atoms. The average molecular weight is 597 g/mol. The molecule has 2 fully saturated rings. The molecule has 0 bridgehead atoms. The Morgan fingerprint density at radius 1 is 1.09 bits per heavy atom. The molecule has 1 aliphatic heterocycles. The van der Waals surface area contributed by atoms with Crippen molar-refractivity contribution in [3.05, 3.63) is 92.6 Å². The number of nitrogens with one attached hydrogen (secondary N) is 1. The van der Waals surface area contributed by atoms with E-state index in [2.05, 4.69) is 27.1 Å². The number of hydrogen-bond acceptors (Lipinski definition) is 8. The molecule has 0 amide bonds. The molecular weight excluding hydrogens is 560 g/mol. The minimum atomic E-state index is -0.813. The summed E-state index contributed by atoms with van der Waals surface area (Å²) in [6.07, 6.45) is 7.06. The van der Waals surface area contributed by atoms with E-state index in [0.29, 0.717) is 48.6 Å². The Labute approximate surface area is 253 Å². The van der Waals surface area contributed by atoms with Crippen LogP contribution in [0, 0.1) is 0 Å². The summed E-state index contributed by atoms with van der Waals surface area (Å²) in [5.41, 5.74) is 3.80. The van der Waals surface area contributed by atoms with Crippen LogP contribution in [0.2, 0.25) is 0 Å². The van der Waals surface area contributed by atoms with Crippen molar-refractivity contribution in [1.29, 1.82) is 0 Å². The van der Waals surface area contributed by atoms with Gasteiger partial charge >= 0.3 is 5.76 Å². The highest BCUT2D eigenvalue weighted by Gasteiger charge is 2.48. The van der Waals surface area contributed by atoms with Gasteiger partial charge in [-0.1, -0.05) is 61.0 Å². The van der Waals surface area contributed by atoms with Gasteiger partial charge in [0.15, 0.2) is 5.82 Å². The van der Waals surface area contributed by atoms with Gasteiger partial charge in [0.05, 0.1) is 23.5 Å². The predicted octanol–water partition coefficient (Wildman–Crippen LogP) is 4.47. The topological polar surface area (TPSA) is 141 Å². The molecule has 2 N–H and O–H groups in total. The Hall–Kier alpha value is -4.35. The number of aryl methyl sites for hydroxylation is 1. The molecule has 1 spiro atoms. The third-order valence-corrected chi connectivity index (χ3v) is 9.18. The number of H-pyrrole nitrogens is 1. The fraction of sp³-hybridized carbons (Fsp3) is 0.424. The van der Waals surface area contributed by atoms with Crippen LogP contribution in [0.15, 0.2) is 69.0 Å². The van der Waals surface area contributed by atoms with Crippen molar-refractivity contribution < 1.29 is 14.4 Å². The smallest absolute Gasteiger partial charge is 0.388 e. The molecule has 0 radical (unpaired) electrons. The van der Waals surface area contributed by atoms with E-state index in [1.807, 2.05) is 64.5 Å². The van der Waals surface area contributed by atoms with Crippen molar-refractivity contribution >= 4 is 5.78 Å². The lowest BCUT2D eigenvalue weighted by Gasteiger charge is -2.37. The van der Waals surface area contributed by atoms with Crippen molar-refractivity contribution in [3.63, 3.8) is 0 Å². The molecular formula is C33H36N6O5. The van der Waals surface area contributed by atoms with Gasteiger partial charge in [-0.05, 0) is 61.8 Å². The van der Waals surface area contributed by atoms with Gasteiger partial charge in [-0.3, -0.25) is 18.9 Å². The van der Waals surface area contributed by atoms with E-state index in [4.69, 9.17) is 9.26 Å². The van der Waals surface area contributed by atoms with Crippen LogP contribution in [-0.2, 0) is 17.6 Å². The van der Waals surface area contributed by atoms with E-state index < -0.39 is 11.4 Å². The lowest BCUT2D eigenvalue weighted by atomic mass is 9.78. The molecule has 1 unspecified atom stereocenters. The van der Waals surface area contributed by atoms with E-state index in [0.717, 1.165) is 54.5 Å². The van der Waals surface area contributed by atoms with Crippen molar-refractivity contribution in [2.45, 2.75) is 82.5 Å². The van der Waals surface area contributed by atoms with Crippen LogP contribution in [0.3, 0.4) is 0 Å². The zero-order valence-corrected chi connectivity index (χ0v) is 25.0. The first-order valence-corrected chi connectivity index (χ1v) is 15.3. The summed E-state index contributed by atoms with van der Waals surface area (Å²) in [6, 6.07) is 15.8. The normalized spacial score (nSPS) is 23.6. The number of nitrogens with zero attached hydrogens (tertiary/aromatic N) is 5. The van der Waals surface area contributed by atoms with E-state index in [1.165, 1.54) is 6.33 Å². The Morgan fingerprint density at radius 2 is 1.89 bits per heavy atom. The number of ether oxygens (including phenoxy) is 1. The summed E-state index contributed by atoms with van der Waals surface area (Å²) in [4.78, 5) is 33.6. The molecule has 11 heteroatoms. The Bertz CT molecular complexity index is 1930. The molecule has 5 aromatic rings. The highest BCUT2D eigenvalue weighted by molar-refractivity contribution is 5.81. The van der Waals surface area contributed by atoms with Crippen molar-refractivity contribution in [2.24, 2.45) is 0 Å². The molecule has 1 atom stereocenters. The van der Waals surface area contributed by atoms with Gasteiger partial charge in [0.1, 0.15) is 6.33 Å². The second-order valence-corrected chi connectivity index (χ2v) is 12.6. The highest BCUT2D eigenvalue weighted by Crippen LogP contribution is 2.46. The van der Waals surface area contributed by atoms with Crippen LogP contribution in [0.5, 0.6) is 0 Å². The van der Waals surface area contributed by atoms with Crippen LogP contribution < -0.4 is 11.3 Å². The number of benzene rings is 2. The number of aromatic nitrogens is 6. The monoisotopic (exact) mass is 596 g/mol. The SMILES string of the molecule is CCCc1c(Cc2ccc(-c3ccccc3)c(-c3noc(=O)[nH]3)c2)c(=O)n(C2CCC3(CC2)CC(C)(O)CO3)c2ncnn12. The maximum Gasteiger partial charge on any atom is 0.439 e. The quantitative estimate of drug-likeness (QED) is 0.281. The molecule has 1 saturated carbocycles. The molecule has 2 aromatic carbocycles. The largest absolute Gasteiger partial charge is 0.439 e. The molecule has 3 aromatic heterocycles. The number of aromatic amines is 1. The molecule has 2 aliphatic rings. The van der Waals surface area contributed by atoms with Gasteiger partial charge in [-0.25, -0.2) is 9.31 Å². The first-order chi connectivity index (χ1) is 21.3. The lowest BCUT2D eigenvalue weighted by molar-refractivity contribution is -0.0371. The van der Waals surface area contributed by atoms with Crippen LogP contribution in [0.1, 0.15) is 75.2 Å². The van der Waals surface area contributed by atoms with Gasteiger partial charge in [-0.15, -0.1) is 0 Å². The molecule has 11 nitrogen and oxygen atoms in total. The summed E-state index contributed by atoms with van der Waals surface area (Å²) in [5, 5.41) is 19.1. The second-order valence-electron chi connectivity index (χ2n) is 12.6. The maximum absolute atomic E-state index is 14.5. The molecule has 4 heterocycles. The number of fused-ring (bicyclic) bond motifs is 1. The first-order valence-electron chi connectivity index (χ1n) is 15.3. The average Bonchev–Trinajstić information content (AvgIpc) is 3.75. The third kappa shape index (κ3) is 5.09. The van der Waals surface area contributed by atoms with Crippen molar-refractivity contribution in [1.82, 2.24) is 29.3 Å². The fourth-order valence-corrected chi connectivity index (χ4v) is 7.21. The van der Waals surface area contributed by atoms with Crippen LogP contribution in [0.4, 0.5) is 0 Å². The van der Waals surface area contributed by atoms with Crippen LogP contribution in [-0.4, -0.2) is 52.2 Å². The minimum absolute atomic E-state index is 0.0559. The minimum Gasteiger partial charge on any atom is -0.388 e. The number of rotatable bonds is 7. The Morgan fingerprint density at radius 3 is 2.57 bits per heavy atom. The van der Waals surface area contributed by atoms with Crippen molar-refractivity contribution in [3.8, 4) is 22.5 Å². The Kier molecular flexibility index (Phi) is 7.09. The second kappa shape index (κ2) is 11.0.